The SMILES string of the molecule is CCCC1CCC(c2ccc(-c3ccc(OC)cc3)c(F)c2)CC1. The Balaban J connectivity index is 1.73. The summed E-state index contributed by atoms with van der Waals surface area (Å²) in [7, 11) is 1.64. The third kappa shape index (κ3) is 3.80. The van der Waals surface area contributed by atoms with Crippen LogP contribution in [0.4, 0.5) is 4.39 Å². The predicted molar refractivity (Wildman–Crippen MR) is 98.0 cm³/mol. The lowest BCUT2D eigenvalue weighted by Crippen LogP contribution is -2.13. The summed E-state index contributed by atoms with van der Waals surface area (Å²) in [5, 5.41) is 0. The van der Waals surface area contributed by atoms with Crippen molar-refractivity contribution in [1.82, 2.24) is 0 Å². The molecule has 0 heterocycles. The zero-order valence-corrected chi connectivity index (χ0v) is 14.7. The van der Waals surface area contributed by atoms with Crippen molar-refractivity contribution in [2.75, 3.05) is 7.11 Å². The minimum atomic E-state index is -0.117. The van der Waals surface area contributed by atoms with Crippen LogP contribution >= 0.6 is 0 Å². The number of methoxy groups -OCH3 is 1. The van der Waals surface area contributed by atoms with Crippen molar-refractivity contribution in [2.24, 2.45) is 5.92 Å². The number of hydrogen-bond donors (Lipinski definition) is 0. The Hall–Kier alpha value is -1.83. The van der Waals surface area contributed by atoms with Crippen LogP contribution in [0.5, 0.6) is 5.75 Å². The molecular formula is C22H27FO. The van der Waals surface area contributed by atoms with E-state index in [1.165, 1.54) is 44.1 Å². The van der Waals surface area contributed by atoms with Gasteiger partial charge >= 0.3 is 0 Å². The molecule has 0 amide bonds. The highest BCUT2D eigenvalue weighted by atomic mass is 19.1. The molecule has 1 aliphatic rings. The van der Waals surface area contributed by atoms with Gasteiger partial charge in [-0.25, -0.2) is 4.39 Å². The van der Waals surface area contributed by atoms with Crippen LogP contribution in [0.1, 0.15) is 56.9 Å². The van der Waals surface area contributed by atoms with Crippen LogP contribution in [0, 0.1) is 11.7 Å². The molecule has 0 unspecified atom stereocenters. The first-order chi connectivity index (χ1) is 11.7. The average Bonchev–Trinajstić information content (AvgIpc) is 2.63. The largest absolute Gasteiger partial charge is 0.497 e. The quantitative estimate of drug-likeness (QED) is 0.603. The van der Waals surface area contributed by atoms with Crippen molar-refractivity contribution >= 4 is 0 Å². The molecule has 0 radical (unpaired) electrons. The monoisotopic (exact) mass is 326 g/mol. The van der Waals surface area contributed by atoms with E-state index in [0.717, 1.165) is 17.2 Å². The Morgan fingerprint density at radius 2 is 1.71 bits per heavy atom. The number of hydrogen-bond acceptors (Lipinski definition) is 1. The maximum Gasteiger partial charge on any atom is 0.131 e. The topological polar surface area (TPSA) is 9.23 Å². The lowest BCUT2D eigenvalue weighted by molar-refractivity contribution is 0.308. The number of ether oxygens (including phenoxy) is 1. The summed E-state index contributed by atoms with van der Waals surface area (Å²) in [6.07, 6.45) is 7.61. The standard InChI is InChI=1S/C22H27FO/c1-3-4-16-5-7-17(8-6-16)19-11-14-21(22(23)15-19)18-9-12-20(24-2)13-10-18/h9-17H,3-8H2,1-2H3. The molecule has 2 aromatic rings. The molecule has 128 valence electrons. The number of halogens is 1. The normalized spacial score (nSPS) is 20.8. The molecule has 0 spiro atoms. The zero-order valence-electron chi connectivity index (χ0n) is 14.7. The smallest absolute Gasteiger partial charge is 0.131 e. The molecule has 0 saturated heterocycles. The van der Waals surface area contributed by atoms with Gasteiger partial charge in [0.25, 0.3) is 0 Å². The number of benzene rings is 2. The van der Waals surface area contributed by atoms with E-state index in [1.54, 1.807) is 13.2 Å². The lowest BCUT2D eigenvalue weighted by atomic mass is 9.77. The molecule has 3 rings (SSSR count). The summed E-state index contributed by atoms with van der Waals surface area (Å²) in [4.78, 5) is 0. The summed E-state index contributed by atoms with van der Waals surface area (Å²) in [5.74, 6) is 2.08. The third-order valence-electron chi connectivity index (χ3n) is 5.41. The predicted octanol–water partition coefficient (Wildman–Crippen LogP) is 6.58. The molecular weight excluding hydrogens is 299 g/mol. The van der Waals surface area contributed by atoms with Crippen molar-refractivity contribution in [1.29, 1.82) is 0 Å². The first kappa shape index (κ1) is 17.0. The molecule has 1 saturated carbocycles. The van der Waals surface area contributed by atoms with Gasteiger partial charge in [-0.1, -0.05) is 44.0 Å². The molecule has 2 heteroatoms. The fourth-order valence-electron chi connectivity index (χ4n) is 3.98. The van der Waals surface area contributed by atoms with Crippen LogP contribution in [-0.4, -0.2) is 7.11 Å². The van der Waals surface area contributed by atoms with Crippen LogP contribution in [-0.2, 0) is 0 Å². The van der Waals surface area contributed by atoms with Crippen molar-refractivity contribution in [3.63, 3.8) is 0 Å². The summed E-state index contributed by atoms with van der Waals surface area (Å²) >= 11 is 0. The van der Waals surface area contributed by atoms with Crippen LogP contribution in [0.3, 0.4) is 0 Å². The summed E-state index contributed by atoms with van der Waals surface area (Å²) in [6.45, 7) is 2.26. The van der Waals surface area contributed by atoms with E-state index in [1.807, 2.05) is 30.3 Å². The van der Waals surface area contributed by atoms with Gasteiger partial charge in [-0.2, -0.15) is 0 Å². The highest BCUT2D eigenvalue weighted by Crippen LogP contribution is 2.38. The summed E-state index contributed by atoms with van der Waals surface area (Å²) in [5.41, 5.74) is 2.73. The van der Waals surface area contributed by atoms with Crippen LogP contribution in [0.15, 0.2) is 42.5 Å². The summed E-state index contributed by atoms with van der Waals surface area (Å²) < 4.78 is 19.8. The molecule has 2 aromatic carbocycles. The van der Waals surface area contributed by atoms with Gasteiger partial charge in [0.2, 0.25) is 0 Å². The fourth-order valence-corrected chi connectivity index (χ4v) is 3.98. The van der Waals surface area contributed by atoms with Gasteiger partial charge in [-0.15, -0.1) is 0 Å². The van der Waals surface area contributed by atoms with E-state index >= 15 is 0 Å². The minimum absolute atomic E-state index is 0.117. The van der Waals surface area contributed by atoms with Gasteiger partial charge in [-0.3, -0.25) is 0 Å². The molecule has 0 aromatic heterocycles. The van der Waals surface area contributed by atoms with E-state index in [-0.39, 0.29) is 5.82 Å². The number of rotatable bonds is 5. The molecule has 1 fully saturated rings. The molecule has 0 atom stereocenters. The highest BCUT2D eigenvalue weighted by molar-refractivity contribution is 5.65. The van der Waals surface area contributed by atoms with E-state index < -0.39 is 0 Å². The maximum absolute atomic E-state index is 14.6. The molecule has 0 aliphatic heterocycles. The first-order valence-electron chi connectivity index (χ1n) is 9.15. The Kier molecular flexibility index (Phi) is 5.55. The van der Waals surface area contributed by atoms with Gasteiger partial charge < -0.3 is 4.74 Å². The van der Waals surface area contributed by atoms with Gasteiger partial charge in [0.1, 0.15) is 11.6 Å². The molecule has 1 aliphatic carbocycles. The maximum atomic E-state index is 14.6. The van der Waals surface area contributed by atoms with Gasteiger partial charge in [0, 0.05) is 5.56 Å². The second-order valence-electron chi connectivity index (χ2n) is 6.97. The van der Waals surface area contributed by atoms with E-state index in [9.17, 15) is 4.39 Å². The van der Waals surface area contributed by atoms with E-state index in [0.29, 0.717) is 11.5 Å². The second kappa shape index (κ2) is 7.83. The zero-order chi connectivity index (χ0) is 16.9. The first-order valence-corrected chi connectivity index (χ1v) is 9.15. The fraction of sp³-hybridized carbons (Fsp3) is 0.455. The lowest BCUT2D eigenvalue weighted by Gasteiger charge is -2.28. The van der Waals surface area contributed by atoms with Crippen molar-refractivity contribution in [3.8, 4) is 16.9 Å². The van der Waals surface area contributed by atoms with Gasteiger partial charge in [0.15, 0.2) is 0 Å². The molecule has 24 heavy (non-hydrogen) atoms. The van der Waals surface area contributed by atoms with Crippen LogP contribution in [0.25, 0.3) is 11.1 Å². The van der Waals surface area contributed by atoms with Crippen molar-refractivity contribution < 1.29 is 9.13 Å². The highest BCUT2D eigenvalue weighted by Gasteiger charge is 2.22. The summed E-state index contributed by atoms with van der Waals surface area (Å²) in [6, 6.07) is 13.4. The third-order valence-corrected chi connectivity index (χ3v) is 5.41. The van der Waals surface area contributed by atoms with Gasteiger partial charge in [-0.05, 0) is 66.8 Å². The Bertz CT molecular complexity index is 654. The minimum Gasteiger partial charge on any atom is -0.497 e. The molecule has 0 N–H and O–H groups in total. The second-order valence-corrected chi connectivity index (χ2v) is 6.97. The van der Waals surface area contributed by atoms with Gasteiger partial charge in [0.05, 0.1) is 7.11 Å². The van der Waals surface area contributed by atoms with Crippen molar-refractivity contribution in [2.45, 2.75) is 51.4 Å². The Labute approximate surface area is 144 Å². The Morgan fingerprint density at radius 3 is 2.29 bits per heavy atom. The van der Waals surface area contributed by atoms with E-state index in [2.05, 4.69) is 13.0 Å². The molecule has 0 bridgehead atoms. The Morgan fingerprint density at radius 1 is 1.00 bits per heavy atom. The molecule has 1 nitrogen and oxygen atoms in total. The van der Waals surface area contributed by atoms with Crippen LogP contribution < -0.4 is 4.74 Å². The average molecular weight is 326 g/mol. The van der Waals surface area contributed by atoms with Crippen LogP contribution in [0.2, 0.25) is 0 Å². The van der Waals surface area contributed by atoms with E-state index in [4.69, 9.17) is 4.74 Å². The van der Waals surface area contributed by atoms with Crippen molar-refractivity contribution in [3.05, 3.63) is 53.8 Å².